The fourth-order valence-corrected chi connectivity index (χ4v) is 5.83. The lowest BCUT2D eigenvalue weighted by atomic mass is 9.57. The molecule has 1 aromatic carbocycles. The number of ether oxygens (including phenoxy) is 1. The number of methoxy groups -OCH3 is 1. The van der Waals surface area contributed by atoms with Crippen molar-refractivity contribution in [2.75, 3.05) is 26.5 Å². The third-order valence-corrected chi connectivity index (χ3v) is 7.31. The van der Waals surface area contributed by atoms with Crippen molar-refractivity contribution in [1.82, 2.24) is 4.90 Å². The standard InChI is InChI=1S/C24H29N3O8/c1-9(28)26-14-7-15(35-4)11-5-10-6-13-18(27(2)3)19(29)12(23(25)33)8-24(13,34)22(32)16(10)21(31)17(11)20(14)30/h7,10,13,18,29-31,34H,5-6,8H2,1-4H3,(H2,25,33)(H,26,28)/t10-,13-,18-,24-/m0/s1. The average Bonchev–Trinajstić information content (AvgIpc) is 2.76. The minimum absolute atomic E-state index is 0.00671. The molecule has 0 bridgehead atoms. The first kappa shape index (κ1) is 24.6. The van der Waals surface area contributed by atoms with E-state index in [1.807, 2.05) is 0 Å². The number of phenols is 1. The number of likely N-dealkylation sites (N-methyl/N-ethyl adjacent to an activating group) is 1. The number of primary amides is 1. The number of anilines is 1. The average molecular weight is 488 g/mol. The lowest BCUT2D eigenvalue weighted by Crippen LogP contribution is -2.62. The molecule has 0 saturated heterocycles. The molecule has 3 aliphatic rings. The Hall–Kier alpha value is -3.57. The molecule has 188 valence electrons. The molecule has 3 aliphatic carbocycles. The highest BCUT2D eigenvalue weighted by atomic mass is 16.5. The van der Waals surface area contributed by atoms with Crippen molar-refractivity contribution in [3.8, 4) is 11.5 Å². The summed E-state index contributed by atoms with van der Waals surface area (Å²) in [5.74, 6) is -4.53. The monoisotopic (exact) mass is 487 g/mol. The molecule has 0 aromatic heterocycles. The second-order valence-corrected chi connectivity index (χ2v) is 9.58. The third-order valence-electron chi connectivity index (χ3n) is 7.31. The van der Waals surface area contributed by atoms with E-state index < -0.39 is 59.0 Å². The van der Waals surface area contributed by atoms with Crippen LogP contribution in [0.4, 0.5) is 5.69 Å². The van der Waals surface area contributed by atoms with E-state index in [0.717, 1.165) is 0 Å². The number of benzene rings is 1. The van der Waals surface area contributed by atoms with Crippen LogP contribution in [0.15, 0.2) is 23.0 Å². The Labute approximate surface area is 201 Å². The predicted molar refractivity (Wildman–Crippen MR) is 125 cm³/mol. The maximum atomic E-state index is 13.8. The second kappa shape index (κ2) is 8.28. The first-order valence-corrected chi connectivity index (χ1v) is 11.1. The van der Waals surface area contributed by atoms with Gasteiger partial charge in [-0.3, -0.25) is 19.3 Å². The maximum absolute atomic E-state index is 13.8. The summed E-state index contributed by atoms with van der Waals surface area (Å²) in [6.07, 6.45) is -0.117. The highest BCUT2D eigenvalue weighted by molar-refractivity contribution is 6.11. The van der Waals surface area contributed by atoms with E-state index in [-0.39, 0.29) is 41.0 Å². The summed E-state index contributed by atoms with van der Waals surface area (Å²) in [7, 11) is 4.71. The van der Waals surface area contributed by atoms with Gasteiger partial charge < -0.3 is 36.2 Å². The van der Waals surface area contributed by atoms with Crippen LogP contribution in [0.25, 0.3) is 5.76 Å². The summed E-state index contributed by atoms with van der Waals surface area (Å²) in [5, 5.41) is 47.0. The fraction of sp³-hybridized carbons (Fsp3) is 0.458. The number of rotatable bonds is 4. The number of aromatic hydroxyl groups is 1. The number of carbonyl (C=O) groups excluding carboxylic acids is 3. The lowest BCUT2D eigenvalue weighted by molar-refractivity contribution is -0.151. The van der Waals surface area contributed by atoms with Gasteiger partial charge in [-0.2, -0.15) is 0 Å². The number of nitrogens with zero attached hydrogens (tertiary/aromatic N) is 1. The highest BCUT2D eigenvalue weighted by Gasteiger charge is 2.60. The molecule has 1 aromatic rings. The Balaban J connectivity index is 1.92. The number of Topliss-reactive ketones (excluding diaryl/α,β-unsaturated/α-hetero) is 1. The second-order valence-electron chi connectivity index (χ2n) is 9.58. The summed E-state index contributed by atoms with van der Waals surface area (Å²) in [6, 6.07) is 0.578. The highest BCUT2D eigenvalue weighted by Crippen LogP contribution is 2.54. The maximum Gasteiger partial charge on any atom is 0.248 e. The van der Waals surface area contributed by atoms with Crippen LogP contribution < -0.4 is 15.8 Å². The fourth-order valence-electron chi connectivity index (χ4n) is 5.83. The van der Waals surface area contributed by atoms with Crippen molar-refractivity contribution in [2.24, 2.45) is 17.6 Å². The van der Waals surface area contributed by atoms with Crippen LogP contribution in [0.3, 0.4) is 0 Å². The Kier molecular flexibility index (Phi) is 5.81. The lowest BCUT2D eigenvalue weighted by Gasteiger charge is -2.51. The zero-order chi connectivity index (χ0) is 26.0. The molecular formula is C24H29N3O8. The molecule has 11 heteroatoms. The number of carbonyl (C=O) groups is 3. The van der Waals surface area contributed by atoms with Gasteiger partial charge in [-0.1, -0.05) is 0 Å². The number of amides is 2. The SMILES string of the molecule is COc1cc(NC(C)=O)c(O)c2c1C[C@H]1C[C@H]3[C@H](N(C)C)C(O)=C(C(N)=O)C[C@@]3(O)C(=O)C1=C2O. The van der Waals surface area contributed by atoms with E-state index >= 15 is 0 Å². The molecule has 1 fully saturated rings. The molecule has 0 aliphatic heterocycles. The molecular weight excluding hydrogens is 458 g/mol. The molecule has 11 nitrogen and oxygen atoms in total. The number of nitrogens with two attached hydrogens (primary N) is 1. The van der Waals surface area contributed by atoms with Gasteiger partial charge in [0, 0.05) is 36.5 Å². The van der Waals surface area contributed by atoms with E-state index in [1.54, 1.807) is 19.0 Å². The molecule has 4 atom stereocenters. The van der Waals surface area contributed by atoms with Crippen molar-refractivity contribution in [3.05, 3.63) is 34.1 Å². The van der Waals surface area contributed by atoms with Gasteiger partial charge in [0.15, 0.2) is 11.5 Å². The van der Waals surface area contributed by atoms with Gasteiger partial charge >= 0.3 is 0 Å². The number of phenolic OH excluding ortho intramolecular Hbond substituents is 1. The minimum atomic E-state index is -2.11. The van der Waals surface area contributed by atoms with Crippen LogP contribution in [-0.2, 0) is 20.8 Å². The molecule has 4 rings (SSSR count). The largest absolute Gasteiger partial charge is 0.510 e. The topological polar surface area (TPSA) is 183 Å². The van der Waals surface area contributed by atoms with E-state index in [1.165, 1.54) is 20.1 Å². The van der Waals surface area contributed by atoms with Gasteiger partial charge in [-0.15, -0.1) is 0 Å². The number of aliphatic hydroxyl groups is 3. The molecule has 0 spiro atoms. The number of ketones is 1. The number of nitrogens with one attached hydrogen (secondary N) is 1. The summed E-state index contributed by atoms with van der Waals surface area (Å²) in [5.41, 5.74) is 3.36. The number of aliphatic hydroxyl groups excluding tert-OH is 2. The smallest absolute Gasteiger partial charge is 0.248 e. The van der Waals surface area contributed by atoms with Gasteiger partial charge in [0.2, 0.25) is 11.8 Å². The van der Waals surface area contributed by atoms with Gasteiger partial charge in [0.1, 0.15) is 22.9 Å². The van der Waals surface area contributed by atoms with Gasteiger partial charge in [-0.25, -0.2) is 0 Å². The summed E-state index contributed by atoms with van der Waals surface area (Å²) in [6.45, 7) is 1.25. The molecule has 2 amide bonds. The van der Waals surface area contributed by atoms with Crippen molar-refractivity contribution < 1.29 is 39.5 Å². The molecule has 0 radical (unpaired) electrons. The van der Waals surface area contributed by atoms with Crippen molar-refractivity contribution in [1.29, 1.82) is 0 Å². The van der Waals surface area contributed by atoms with E-state index in [0.29, 0.717) is 11.3 Å². The first-order chi connectivity index (χ1) is 16.3. The number of fused-ring (bicyclic) bond motifs is 3. The van der Waals surface area contributed by atoms with Crippen LogP contribution in [0, 0.1) is 11.8 Å². The number of hydrogen-bond acceptors (Lipinski definition) is 9. The van der Waals surface area contributed by atoms with Gasteiger partial charge in [0.25, 0.3) is 0 Å². The minimum Gasteiger partial charge on any atom is -0.510 e. The van der Waals surface area contributed by atoms with Crippen LogP contribution in [0.2, 0.25) is 0 Å². The van der Waals surface area contributed by atoms with Crippen LogP contribution in [0.1, 0.15) is 30.9 Å². The molecule has 0 unspecified atom stereocenters. The van der Waals surface area contributed by atoms with E-state index in [2.05, 4.69) is 5.32 Å². The van der Waals surface area contributed by atoms with Crippen LogP contribution >= 0.6 is 0 Å². The van der Waals surface area contributed by atoms with Crippen molar-refractivity contribution in [3.63, 3.8) is 0 Å². The van der Waals surface area contributed by atoms with Crippen LogP contribution in [0.5, 0.6) is 11.5 Å². The molecule has 1 saturated carbocycles. The quantitative estimate of drug-likeness (QED) is 0.334. The first-order valence-electron chi connectivity index (χ1n) is 11.1. The molecule has 7 N–H and O–H groups in total. The molecule has 0 heterocycles. The zero-order valence-corrected chi connectivity index (χ0v) is 19.9. The predicted octanol–water partition coefficient (Wildman–Crippen LogP) is 0.752. The summed E-state index contributed by atoms with van der Waals surface area (Å²) < 4.78 is 5.45. The van der Waals surface area contributed by atoms with Gasteiger partial charge in [0.05, 0.1) is 30.0 Å². The van der Waals surface area contributed by atoms with Gasteiger partial charge in [-0.05, 0) is 32.9 Å². The molecule has 35 heavy (non-hydrogen) atoms. The van der Waals surface area contributed by atoms with Crippen LogP contribution in [-0.4, -0.2) is 75.8 Å². The normalized spacial score (nSPS) is 27.8. The Morgan fingerprint density at radius 3 is 2.46 bits per heavy atom. The van der Waals surface area contributed by atoms with Crippen molar-refractivity contribution in [2.45, 2.75) is 37.8 Å². The Bertz CT molecular complexity index is 1220. The Morgan fingerprint density at radius 1 is 1.26 bits per heavy atom. The summed E-state index contributed by atoms with van der Waals surface area (Å²) in [4.78, 5) is 39.0. The van der Waals surface area contributed by atoms with Crippen molar-refractivity contribution >= 4 is 29.0 Å². The summed E-state index contributed by atoms with van der Waals surface area (Å²) >= 11 is 0. The number of hydrogen-bond donors (Lipinski definition) is 6. The zero-order valence-electron chi connectivity index (χ0n) is 19.9. The third kappa shape index (κ3) is 3.53. The van der Waals surface area contributed by atoms with E-state index in [4.69, 9.17) is 10.5 Å². The van der Waals surface area contributed by atoms with E-state index in [9.17, 15) is 34.8 Å². The Morgan fingerprint density at radius 2 is 1.91 bits per heavy atom.